The Morgan fingerprint density at radius 1 is 1.06 bits per heavy atom. The van der Waals surface area contributed by atoms with Gasteiger partial charge in [-0.25, -0.2) is 0 Å². The van der Waals surface area contributed by atoms with Crippen molar-refractivity contribution in [3.05, 3.63) is 36.4 Å². The molecule has 0 aromatic heterocycles. The van der Waals surface area contributed by atoms with Gasteiger partial charge < -0.3 is 9.84 Å². The van der Waals surface area contributed by atoms with E-state index in [0.717, 1.165) is 16.5 Å². The lowest BCUT2D eigenvalue weighted by atomic mass is 10.1. The molecule has 2 heteroatoms. The van der Waals surface area contributed by atoms with Crippen molar-refractivity contribution in [2.45, 2.75) is 13.8 Å². The lowest BCUT2D eigenvalue weighted by Gasteiger charge is -2.11. The zero-order valence-corrected chi connectivity index (χ0v) is 9.60. The summed E-state index contributed by atoms with van der Waals surface area (Å²) < 4.78 is 5.72. The first-order chi connectivity index (χ1) is 7.68. The SMILES string of the molecule is CC(C)COc1ccc(O)c2ccccc12. The smallest absolute Gasteiger partial charge is 0.127 e. The van der Waals surface area contributed by atoms with E-state index in [4.69, 9.17) is 4.74 Å². The van der Waals surface area contributed by atoms with Crippen molar-refractivity contribution in [1.82, 2.24) is 0 Å². The Hall–Kier alpha value is -1.70. The van der Waals surface area contributed by atoms with Gasteiger partial charge in [0.15, 0.2) is 0 Å². The summed E-state index contributed by atoms with van der Waals surface area (Å²) in [5.74, 6) is 1.63. The molecule has 0 bridgehead atoms. The molecular formula is C14H16O2. The van der Waals surface area contributed by atoms with Gasteiger partial charge in [-0.1, -0.05) is 38.1 Å². The highest BCUT2D eigenvalue weighted by Crippen LogP contribution is 2.32. The first-order valence-electron chi connectivity index (χ1n) is 5.52. The van der Waals surface area contributed by atoms with Crippen molar-refractivity contribution in [3.63, 3.8) is 0 Å². The summed E-state index contributed by atoms with van der Waals surface area (Å²) in [7, 11) is 0. The number of fused-ring (bicyclic) bond motifs is 1. The second-order valence-corrected chi connectivity index (χ2v) is 4.33. The molecule has 0 radical (unpaired) electrons. The number of hydrogen-bond acceptors (Lipinski definition) is 2. The maximum atomic E-state index is 9.72. The van der Waals surface area contributed by atoms with E-state index in [2.05, 4.69) is 13.8 Å². The molecule has 2 rings (SSSR count). The van der Waals surface area contributed by atoms with E-state index in [0.29, 0.717) is 18.3 Å². The number of phenolic OH excluding ortho intramolecular Hbond substituents is 1. The topological polar surface area (TPSA) is 29.5 Å². The van der Waals surface area contributed by atoms with Gasteiger partial charge in [-0.2, -0.15) is 0 Å². The van der Waals surface area contributed by atoms with Gasteiger partial charge in [0.05, 0.1) is 6.61 Å². The molecule has 16 heavy (non-hydrogen) atoms. The highest BCUT2D eigenvalue weighted by molar-refractivity contribution is 5.92. The predicted molar refractivity (Wildman–Crippen MR) is 65.9 cm³/mol. The number of phenols is 1. The molecule has 0 saturated heterocycles. The molecule has 84 valence electrons. The Morgan fingerprint density at radius 3 is 2.44 bits per heavy atom. The molecule has 0 fully saturated rings. The summed E-state index contributed by atoms with van der Waals surface area (Å²) in [5.41, 5.74) is 0. The fourth-order valence-electron chi connectivity index (χ4n) is 1.64. The van der Waals surface area contributed by atoms with E-state index >= 15 is 0 Å². The minimum atomic E-state index is 0.299. The average molecular weight is 216 g/mol. The van der Waals surface area contributed by atoms with Gasteiger partial charge >= 0.3 is 0 Å². The first-order valence-corrected chi connectivity index (χ1v) is 5.52. The van der Waals surface area contributed by atoms with Gasteiger partial charge in [0.25, 0.3) is 0 Å². The van der Waals surface area contributed by atoms with Crippen LogP contribution in [0.25, 0.3) is 10.8 Å². The third-order valence-electron chi connectivity index (χ3n) is 2.43. The normalized spacial score (nSPS) is 10.9. The van der Waals surface area contributed by atoms with Crippen molar-refractivity contribution in [1.29, 1.82) is 0 Å². The molecule has 0 unspecified atom stereocenters. The van der Waals surface area contributed by atoms with Crippen LogP contribution < -0.4 is 4.74 Å². The van der Waals surface area contributed by atoms with Gasteiger partial charge in [0.2, 0.25) is 0 Å². The monoisotopic (exact) mass is 216 g/mol. The molecule has 2 aromatic carbocycles. The standard InChI is InChI=1S/C14H16O2/c1-10(2)9-16-14-8-7-13(15)11-5-3-4-6-12(11)14/h3-8,10,15H,9H2,1-2H3. The van der Waals surface area contributed by atoms with Gasteiger partial charge in [-0.05, 0) is 18.1 Å². The van der Waals surface area contributed by atoms with Crippen LogP contribution in [0, 0.1) is 5.92 Å². The Labute approximate surface area is 95.5 Å². The van der Waals surface area contributed by atoms with E-state index in [9.17, 15) is 5.11 Å². The van der Waals surface area contributed by atoms with E-state index in [1.807, 2.05) is 30.3 Å². The second-order valence-electron chi connectivity index (χ2n) is 4.33. The summed E-state index contributed by atoms with van der Waals surface area (Å²) in [6.45, 7) is 4.92. The summed E-state index contributed by atoms with van der Waals surface area (Å²) in [6.07, 6.45) is 0. The van der Waals surface area contributed by atoms with Crippen LogP contribution in [-0.4, -0.2) is 11.7 Å². The van der Waals surface area contributed by atoms with Crippen LogP contribution in [0.15, 0.2) is 36.4 Å². The van der Waals surface area contributed by atoms with Gasteiger partial charge in [0, 0.05) is 10.8 Å². The maximum absolute atomic E-state index is 9.72. The van der Waals surface area contributed by atoms with E-state index in [-0.39, 0.29) is 0 Å². The molecule has 0 saturated carbocycles. The molecule has 0 amide bonds. The molecule has 0 aliphatic carbocycles. The number of benzene rings is 2. The summed E-state index contributed by atoms with van der Waals surface area (Å²) in [4.78, 5) is 0. The quantitative estimate of drug-likeness (QED) is 0.849. The van der Waals surface area contributed by atoms with E-state index in [1.165, 1.54) is 0 Å². The third kappa shape index (κ3) is 2.11. The predicted octanol–water partition coefficient (Wildman–Crippen LogP) is 3.58. The van der Waals surface area contributed by atoms with E-state index < -0.39 is 0 Å². The first kappa shape index (κ1) is 10.8. The van der Waals surface area contributed by atoms with E-state index in [1.54, 1.807) is 6.07 Å². The van der Waals surface area contributed by atoms with Crippen LogP contribution in [0.5, 0.6) is 11.5 Å². The Kier molecular flexibility index (Phi) is 3.00. The molecule has 0 aliphatic heterocycles. The zero-order valence-electron chi connectivity index (χ0n) is 9.60. The van der Waals surface area contributed by atoms with Crippen LogP contribution >= 0.6 is 0 Å². The zero-order chi connectivity index (χ0) is 11.5. The van der Waals surface area contributed by atoms with Crippen LogP contribution in [0.2, 0.25) is 0 Å². The molecule has 0 aliphatic rings. The fraction of sp³-hybridized carbons (Fsp3) is 0.286. The molecule has 0 heterocycles. The lowest BCUT2D eigenvalue weighted by molar-refractivity contribution is 0.274. The van der Waals surface area contributed by atoms with Gasteiger partial charge in [0.1, 0.15) is 11.5 Å². The highest BCUT2D eigenvalue weighted by atomic mass is 16.5. The largest absolute Gasteiger partial charge is 0.507 e. The van der Waals surface area contributed by atoms with Gasteiger partial charge in [-0.15, -0.1) is 0 Å². The minimum absolute atomic E-state index is 0.299. The number of rotatable bonds is 3. The second kappa shape index (κ2) is 4.44. The van der Waals surface area contributed by atoms with Crippen LogP contribution in [0.3, 0.4) is 0 Å². The average Bonchev–Trinajstić information content (AvgIpc) is 2.28. The number of ether oxygens (including phenoxy) is 1. The van der Waals surface area contributed by atoms with Crippen LogP contribution in [0.4, 0.5) is 0 Å². The highest BCUT2D eigenvalue weighted by Gasteiger charge is 2.05. The minimum Gasteiger partial charge on any atom is -0.507 e. The third-order valence-corrected chi connectivity index (χ3v) is 2.43. The summed E-state index contributed by atoms with van der Waals surface area (Å²) in [5, 5.41) is 11.5. The molecular weight excluding hydrogens is 200 g/mol. The molecule has 0 atom stereocenters. The maximum Gasteiger partial charge on any atom is 0.127 e. The molecule has 2 nitrogen and oxygen atoms in total. The van der Waals surface area contributed by atoms with Crippen LogP contribution in [-0.2, 0) is 0 Å². The van der Waals surface area contributed by atoms with Crippen molar-refractivity contribution in [2.24, 2.45) is 5.92 Å². The molecule has 1 N–H and O–H groups in total. The molecule has 0 spiro atoms. The number of hydrogen-bond donors (Lipinski definition) is 1. The van der Waals surface area contributed by atoms with Crippen molar-refractivity contribution >= 4 is 10.8 Å². The summed E-state index contributed by atoms with van der Waals surface area (Å²) in [6, 6.07) is 11.2. The Bertz CT molecular complexity index is 489. The van der Waals surface area contributed by atoms with Crippen molar-refractivity contribution < 1.29 is 9.84 Å². The van der Waals surface area contributed by atoms with Crippen LogP contribution in [0.1, 0.15) is 13.8 Å². The number of aromatic hydroxyl groups is 1. The summed E-state index contributed by atoms with van der Waals surface area (Å²) >= 11 is 0. The van der Waals surface area contributed by atoms with Crippen molar-refractivity contribution in [3.8, 4) is 11.5 Å². The van der Waals surface area contributed by atoms with Gasteiger partial charge in [-0.3, -0.25) is 0 Å². The Morgan fingerprint density at radius 2 is 1.75 bits per heavy atom. The Balaban J connectivity index is 2.42. The molecule has 2 aromatic rings. The lowest BCUT2D eigenvalue weighted by Crippen LogP contribution is -2.04. The fourth-order valence-corrected chi connectivity index (χ4v) is 1.64. The van der Waals surface area contributed by atoms with Crippen molar-refractivity contribution in [2.75, 3.05) is 6.61 Å².